The summed E-state index contributed by atoms with van der Waals surface area (Å²) in [6, 6.07) is 8.74. The van der Waals surface area contributed by atoms with Crippen molar-refractivity contribution in [3.63, 3.8) is 0 Å². The Morgan fingerprint density at radius 2 is 1.57 bits per heavy atom. The van der Waals surface area contributed by atoms with Gasteiger partial charge in [-0.1, -0.05) is 62.3 Å². The van der Waals surface area contributed by atoms with E-state index in [1.54, 1.807) is 24.3 Å². The topological polar surface area (TPSA) is 146 Å². The van der Waals surface area contributed by atoms with E-state index in [0.717, 1.165) is 62.4 Å². The molecule has 3 aromatic rings. The molecule has 9 nitrogen and oxygen atoms in total. The summed E-state index contributed by atoms with van der Waals surface area (Å²) in [5, 5.41) is 22.4. The fourth-order valence-corrected chi connectivity index (χ4v) is 5.41. The Labute approximate surface area is 237 Å². The minimum atomic E-state index is -4.08. The number of halogens is 2. The average molecular weight is 594 g/mol. The Bertz CT molecular complexity index is 1430. The molecule has 0 aliphatic rings. The number of aromatic nitrogens is 1. The number of carbonyl (C=O) groups is 2. The first-order chi connectivity index (χ1) is 19.1. The van der Waals surface area contributed by atoms with Crippen LogP contribution in [-0.4, -0.2) is 42.0 Å². The van der Waals surface area contributed by atoms with Gasteiger partial charge in [-0.05, 0) is 42.7 Å². The first kappa shape index (κ1) is 31.3. The molecule has 1 heterocycles. The molecular weight excluding hydrogens is 561 g/mol. The van der Waals surface area contributed by atoms with Gasteiger partial charge in [-0.25, -0.2) is 17.5 Å². The van der Waals surface area contributed by atoms with Gasteiger partial charge in [0.2, 0.25) is 10.0 Å². The number of aliphatic carboxylic acids is 1. The third-order valence-electron chi connectivity index (χ3n) is 6.40. The van der Waals surface area contributed by atoms with Crippen LogP contribution in [0.3, 0.4) is 0 Å². The van der Waals surface area contributed by atoms with E-state index >= 15 is 0 Å². The number of nitrogens with zero attached hydrogens (tertiary/aromatic N) is 1. The lowest BCUT2D eigenvalue weighted by Crippen LogP contribution is -2.25. The number of nitrogens with one attached hydrogen (secondary N) is 2. The minimum Gasteiger partial charge on any atom is -0.506 e. The van der Waals surface area contributed by atoms with Crippen LogP contribution >= 0.6 is 11.6 Å². The number of unbranched alkanes of at least 4 members (excludes halogenated alkanes) is 7. The molecule has 40 heavy (non-hydrogen) atoms. The van der Waals surface area contributed by atoms with Gasteiger partial charge in [0.1, 0.15) is 16.8 Å². The number of carboxylic acids is 1. The Kier molecular flexibility index (Phi) is 11.7. The van der Waals surface area contributed by atoms with Crippen LogP contribution in [0.5, 0.6) is 5.75 Å². The molecule has 0 bridgehead atoms. The molecule has 12 heteroatoms. The van der Waals surface area contributed by atoms with Crippen LogP contribution in [0, 0.1) is 5.82 Å². The lowest BCUT2D eigenvalue weighted by Gasteiger charge is -2.12. The van der Waals surface area contributed by atoms with Gasteiger partial charge in [0, 0.05) is 36.1 Å². The van der Waals surface area contributed by atoms with Gasteiger partial charge in [-0.3, -0.25) is 14.6 Å². The van der Waals surface area contributed by atoms with Gasteiger partial charge < -0.3 is 15.5 Å². The van der Waals surface area contributed by atoms with E-state index in [9.17, 15) is 27.5 Å². The zero-order chi connectivity index (χ0) is 29.1. The highest BCUT2D eigenvalue weighted by Gasteiger charge is 2.21. The summed E-state index contributed by atoms with van der Waals surface area (Å²) in [4.78, 5) is 26.7. The van der Waals surface area contributed by atoms with Gasteiger partial charge in [0.25, 0.3) is 5.91 Å². The molecule has 0 atom stereocenters. The van der Waals surface area contributed by atoms with Gasteiger partial charge in [0.15, 0.2) is 5.82 Å². The molecule has 1 amide bonds. The van der Waals surface area contributed by atoms with E-state index in [2.05, 4.69) is 15.0 Å². The zero-order valence-corrected chi connectivity index (χ0v) is 23.5. The quantitative estimate of drug-likeness (QED) is 0.160. The van der Waals surface area contributed by atoms with Gasteiger partial charge in [0.05, 0.1) is 4.90 Å². The second-order valence-electron chi connectivity index (χ2n) is 9.50. The summed E-state index contributed by atoms with van der Waals surface area (Å²) in [6.45, 7) is 0.310. The molecule has 0 saturated carbocycles. The summed E-state index contributed by atoms with van der Waals surface area (Å²) < 4.78 is 42.8. The maximum Gasteiger partial charge on any atom is 0.303 e. The molecule has 0 aliphatic carbocycles. The molecule has 0 radical (unpaired) electrons. The highest BCUT2D eigenvalue weighted by atomic mass is 35.5. The van der Waals surface area contributed by atoms with Crippen LogP contribution in [0.25, 0.3) is 10.9 Å². The molecule has 2 aromatic carbocycles. The average Bonchev–Trinajstić information content (AvgIpc) is 2.91. The number of amides is 1. The fourth-order valence-electron chi connectivity index (χ4n) is 4.17. The molecule has 1 aromatic heterocycles. The predicted molar refractivity (Wildman–Crippen MR) is 150 cm³/mol. The number of rotatable bonds is 16. The highest BCUT2D eigenvalue weighted by Crippen LogP contribution is 2.31. The molecule has 216 valence electrons. The normalized spacial score (nSPS) is 11.6. The zero-order valence-electron chi connectivity index (χ0n) is 22.0. The van der Waals surface area contributed by atoms with Crippen LogP contribution in [-0.2, 0) is 21.4 Å². The van der Waals surface area contributed by atoms with Crippen molar-refractivity contribution in [1.82, 2.24) is 15.0 Å². The summed E-state index contributed by atoms with van der Waals surface area (Å²) in [5.41, 5.74) is 0.295. The summed E-state index contributed by atoms with van der Waals surface area (Å²) >= 11 is 5.86. The van der Waals surface area contributed by atoms with E-state index in [0.29, 0.717) is 17.9 Å². The molecule has 0 saturated heterocycles. The molecule has 3 rings (SSSR count). The molecule has 0 fully saturated rings. The Balaban J connectivity index is 1.56. The van der Waals surface area contributed by atoms with Gasteiger partial charge >= 0.3 is 5.97 Å². The van der Waals surface area contributed by atoms with Crippen molar-refractivity contribution in [2.45, 2.75) is 69.2 Å². The SMILES string of the molecule is O=C(O)CCCCCCCCCCNS(=O)(=O)c1cc(F)c2ncc(C(=O)NCc3ccc(Cl)cc3)c(O)c2c1. The maximum absolute atomic E-state index is 14.8. The van der Waals surface area contributed by atoms with E-state index in [4.69, 9.17) is 16.7 Å². The largest absolute Gasteiger partial charge is 0.506 e. The smallest absolute Gasteiger partial charge is 0.303 e. The summed E-state index contributed by atoms with van der Waals surface area (Å²) in [6.07, 6.45) is 8.09. The third kappa shape index (κ3) is 9.14. The summed E-state index contributed by atoms with van der Waals surface area (Å²) in [7, 11) is -4.08. The Morgan fingerprint density at radius 3 is 2.23 bits per heavy atom. The van der Waals surface area contributed by atoms with Crippen molar-refractivity contribution in [3.8, 4) is 5.75 Å². The highest BCUT2D eigenvalue weighted by molar-refractivity contribution is 7.89. The van der Waals surface area contributed by atoms with Gasteiger partial charge in [-0.15, -0.1) is 0 Å². The number of hydrogen-bond donors (Lipinski definition) is 4. The maximum atomic E-state index is 14.8. The van der Waals surface area contributed by atoms with Crippen LogP contribution < -0.4 is 10.0 Å². The number of hydrogen-bond acceptors (Lipinski definition) is 6. The minimum absolute atomic E-state index is 0.146. The summed E-state index contributed by atoms with van der Waals surface area (Å²) in [5.74, 6) is -2.95. The second-order valence-corrected chi connectivity index (χ2v) is 11.7. The van der Waals surface area contributed by atoms with Crippen molar-refractivity contribution in [1.29, 1.82) is 0 Å². The molecule has 0 aliphatic heterocycles. The lowest BCUT2D eigenvalue weighted by atomic mass is 10.1. The van der Waals surface area contributed by atoms with Crippen LogP contribution in [0.15, 0.2) is 47.5 Å². The third-order valence-corrected chi connectivity index (χ3v) is 8.09. The van der Waals surface area contributed by atoms with E-state index < -0.39 is 33.5 Å². The number of fused-ring (bicyclic) bond motifs is 1. The lowest BCUT2D eigenvalue weighted by molar-refractivity contribution is -0.137. The van der Waals surface area contributed by atoms with Crippen molar-refractivity contribution >= 4 is 44.4 Å². The molecule has 0 unspecified atom stereocenters. The van der Waals surface area contributed by atoms with Crippen LogP contribution in [0.2, 0.25) is 5.02 Å². The Hall–Kier alpha value is -3.28. The fraction of sp³-hybridized carbons (Fsp3) is 0.393. The Morgan fingerprint density at radius 1 is 0.950 bits per heavy atom. The van der Waals surface area contributed by atoms with Crippen molar-refractivity contribution < 1.29 is 32.6 Å². The monoisotopic (exact) mass is 593 g/mol. The molecule has 4 N–H and O–H groups in total. The molecule has 0 spiro atoms. The van der Waals surface area contributed by atoms with E-state index in [1.165, 1.54) is 0 Å². The first-order valence-electron chi connectivity index (χ1n) is 13.1. The number of sulfonamides is 1. The molecular formula is C28H33ClFN3O6S. The second kappa shape index (κ2) is 14.9. The van der Waals surface area contributed by atoms with Crippen LogP contribution in [0.1, 0.15) is 73.7 Å². The van der Waals surface area contributed by atoms with Gasteiger partial charge in [-0.2, -0.15) is 0 Å². The van der Waals surface area contributed by atoms with Crippen molar-refractivity contribution in [3.05, 3.63) is 64.6 Å². The number of pyridine rings is 1. The standard InChI is InChI=1S/C28H33ClFN3O6S/c29-20-12-10-19(11-13-20)17-32-28(37)23-18-31-26-22(27(23)36)15-21(16-24(26)30)40(38,39)33-14-8-6-4-2-1-3-5-7-9-25(34)35/h10-13,15-16,18,33H,1-9,14,17H2,(H,31,36)(H,32,37)(H,34,35). The van der Waals surface area contributed by atoms with Crippen LogP contribution in [0.4, 0.5) is 4.39 Å². The predicted octanol–water partition coefficient (Wildman–Crippen LogP) is 5.54. The number of aromatic hydroxyl groups is 1. The van der Waals surface area contributed by atoms with E-state index in [-0.39, 0.29) is 40.9 Å². The van der Waals surface area contributed by atoms with Crippen molar-refractivity contribution in [2.24, 2.45) is 0 Å². The number of carboxylic acid groups (broad SMARTS) is 1. The first-order valence-corrected chi connectivity index (χ1v) is 15.0. The van der Waals surface area contributed by atoms with Crippen molar-refractivity contribution in [2.75, 3.05) is 6.54 Å². The number of carbonyl (C=O) groups excluding carboxylic acids is 1. The number of benzene rings is 2. The van der Waals surface area contributed by atoms with E-state index in [1.807, 2.05) is 0 Å².